The van der Waals surface area contributed by atoms with Crippen molar-refractivity contribution in [3.8, 4) is 0 Å². The first-order valence-corrected chi connectivity index (χ1v) is 9.36. The molecule has 9 heteroatoms. The second-order valence-corrected chi connectivity index (χ2v) is 8.43. The van der Waals surface area contributed by atoms with Crippen LogP contribution in [0, 0.1) is 5.92 Å². The molecule has 0 aromatic carbocycles. The first kappa shape index (κ1) is 17.0. The van der Waals surface area contributed by atoms with Crippen molar-refractivity contribution in [1.82, 2.24) is 15.3 Å². The summed E-state index contributed by atoms with van der Waals surface area (Å²) in [6, 6.07) is -0.899. The van der Waals surface area contributed by atoms with Gasteiger partial charge in [0.1, 0.15) is 4.83 Å². The summed E-state index contributed by atoms with van der Waals surface area (Å²) in [7, 11) is 0. The molecule has 2 heterocycles. The maximum absolute atomic E-state index is 12.5. The molecule has 1 aliphatic rings. The Morgan fingerprint density at radius 1 is 1.50 bits per heavy atom. The van der Waals surface area contributed by atoms with Crippen molar-refractivity contribution in [3.63, 3.8) is 0 Å². The topological polar surface area (TPSA) is 118 Å². The molecule has 0 saturated carbocycles. The Labute approximate surface area is 146 Å². The second-order valence-electron chi connectivity index (χ2n) is 6.02. The zero-order valence-corrected chi connectivity index (χ0v) is 15.0. The van der Waals surface area contributed by atoms with E-state index in [1.54, 1.807) is 18.3 Å². The lowest BCUT2D eigenvalue weighted by molar-refractivity contribution is -0.119. The fourth-order valence-corrected chi connectivity index (χ4v) is 5.07. The van der Waals surface area contributed by atoms with Gasteiger partial charge in [0.25, 0.3) is 5.56 Å². The number of aromatic nitrogens is 2. The summed E-state index contributed by atoms with van der Waals surface area (Å²) in [5.41, 5.74) is 5.89. The third-order valence-corrected chi connectivity index (χ3v) is 6.18. The molecular weight excluding hydrogens is 348 g/mol. The average molecular weight is 366 g/mol. The first-order chi connectivity index (χ1) is 11.3. The molecule has 2 aromatic rings. The Bertz CT molecular complexity index is 873. The number of aryl methyl sites for hydroxylation is 1. The van der Waals surface area contributed by atoms with Crippen LogP contribution in [-0.4, -0.2) is 27.2 Å². The van der Waals surface area contributed by atoms with E-state index in [0.717, 1.165) is 36.6 Å². The van der Waals surface area contributed by atoms with E-state index in [4.69, 9.17) is 5.73 Å². The van der Waals surface area contributed by atoms with Gasteiger partial charge in [0, 0.05) is 4.88 Å². The molecule has 0 aliphatic heterocycles. The second kappa shape index (κ2) is 6.56. The lowest BCUT2D eigenvalue weighted by Crippen LogP contribution is -2.39. The van der Waals surface area contributed by atoms with Crippen LogP contribution >= 0.6 is 23.1 Å². The quantitative estimate of drug-likeness (QED) is 0.565. The maximum Gasteiger partial charge on any atom is 0.318 e. The number of thioether (sulfide) groups is 1. The highest BCUT2D eigenvalue weighted by Crippen LogP contribution is 2.36. The summed E-state index contributed by atoms with van der Waals surface area (Å²) >= 11 is 2.65. The number of aromatic amines is 1. The summed E-state index contributed by atoms with van der Waals surface area (Å²) < 4.78 is 0. The predicted octanol–water partition coefficient (Wildman–Crippen LogP) is 1.78. The fourth-order valence-electron chi connectivity index (χ4n) is 2.83. The first-order valence-electron chi connectivity index (χ1n) is 7.66. The highest BCUT2D eigenvalue weighted by molar-refractivity contribution is 8.00. The van der Waals surface area contributed by atoms with Gasteiger partial charge in [0.15, 0.2) is 5.16 Å². The van der Waals surface area contributed by atoms with Crippen molar-refractivity contribution in [1.29, 1.82) is 0 Å². The van der Waals surface area contributed by atoms with Crippen LogP contribution in [0.1, 0.15) is 30.7 Å². The van der Waals surface area contributed by atoms with Crippen LogP contribution in [-0.2, 0) is 17.6 Å². The number of hydrogen-bond donors (Lipinski definition) is 3. The molecule has 3 rings (SSSR count). The SMILES string of the molecule is C[C@@H]1CCc2c(sc3nc(S[C@H](C)C(=O)NC(N)=O)[nH]c(=O)c23)C1. The summed E-state index contributed by atoms with van der Waals surface area (Å²) in [5, 5.41) is 2.47. The minimum atomic E-state index is -0.899. The van der Waals surface area contributed by atoms with Crippen LogP contribution < -0.4 is 16.6 Å². The van der Waals surface area contributed by atoms with E-state index < -0.39 is 17.2 Å². The van der Waals surface area contributed by atoms with E-state index in [1.807, 2.05) is 5.32 Å². The standard InChI is InChI=1S/C15H18N4O3S2/c1-6-3-4-8-9(5-6)24-13-10(8)12(21)18-15(19-13)23-7(2)11(20)17-14(16)22/h6-7H,3-5H2,1-2H3,(H,18,19,21)(H3,16,17,20,22)/t6-,7-/m1/s1. The molecule has 0 saturated heterocycles. The molecule has 3 amide bonds. The van der Waals surface area contributed by atoms with Gasteiger partial charge in [-0.1, -0.05) is 18.7 Å². The highest BCUT2D eigenvalue weighted by atomic mass is 32.2. The Hall–Kier alpha value is -1.87. The number of H-pyrrole nitrogens is 1. The van der Waals surface area contributed by atoms with Gasteiger partial charge in [0.2, 0.25) is 5.91 Å². The number of nitrogens with one attached hydrogen (secondary N) is 2. The molecule has 0 radical (unpaired) electrons. The zero-order valence-electron chi connectivity index (χ0n) is 13.3. The Morgan fingerprint density at radius 2 is 2.25 bits per heavy atom. The number of hydrogen-bond acceptors (Lipinski definition) is 6. The molecule has 0 unspecified atom stereocenters. The van der Waals surface area contributed by atoms with Gasteiger partial charge < -0.3 is 10.7 Å². The number of nitrogens with two attached hydrogens (primary N) is 1. The molecular formula is C15H18N4O3S2. The van der Waals surface area contributed by atoms with E-state index in [0.29, 0.717) is 21.3 Å². The Morgan fingerprint density at radius 3 is 2.96 bits per heavy atom. The van der Waals surface area contributed by atoms with Crippen molar-refractivity contribution >= 4 is 45.3 Å². The number of carbonyl (C=O) groups is 2. The van der Waals surface area contributed by atoms with Crippen LogP contribution in [0.4, 0.5) is 4.79 Å². The van der Waals surface area contributed by atoms with Gasteiger partial charge in [-0.3, -0.25) is 14.9 Å². The summed E-state index contributed by atoms with van der Waals surface area (Å²) in [6.45, 7) is 3.83. The minimum Gasteiger partial charge on any atom is -0.351 e. The van der Waals surface area contributed by atoms with Crippen LogP contribution in [0.15, 0.2) is 9.95 Å². The number of urea groups is 1. The molecule has 0 bridgehead atoms. The molecule has 128 valence electrons. The van der Waals surface area contributed by atoms with Gasteiger partial charge >= 0.3 is 6.03 Å². The zero-order chi connectivity index (χ0) is 17.4. The van der Waals surface area contributed by atoms with Crippen LogP contribution in [0.3, 0.4) is 0 Å². The average Bonchev–Trinajstić information content (AvgIpc) is 2.83. The Balaban J connectivity index is 1.90. The fraction of sp³-hybridized carbons (Fsp3) is 0.467. The number of thiophene rings is 1. The van der Waals surface area contributed by atoms with Crippen molar-refractivity contribution < 1.29 is 9.59 Å². The smallest absolute Gasteiger partial charge is 0.318 e. The monoisotopic (exact) mass is 366 g/mol. The third-order valence-electron chi connectivity index (χ3n) is 4.05. The summed E-state index contributed by atoms with van der Waals surface area (Å²) in [5.74, 6) is 0.102. The van der Waals surface area contributed by atoms with Gasteiger partial charge in [-0.15, -0.1) is 11.3 Å². The van der Waals surface area contributed by atoms with E-state index in [9.17, 15) is 14.4 Å². The van der Waals surface area contributed by atoms with Gasteiger partial charge in [-0.2, -0.15) is 0 Å². The molecule has 0 fully saturated rings. The Kier molecular flexibility index (Phi) is 4.64. The van der Waals surface area contributed by atoms with Gasteiger partial charge in [-0.25, -0.2) is 9.78 Å². The van der Waals surface area contributed by atoms with E-state index in [-0.39, 0.29) is 5.56 Å². The van der Waals surface area contributed by atoms with Crippen LogP contribution in [0.2, 0.25) is 0 Å². The van der Waals surface area contributed by atoms with Gasteiger partial charge in [-0.05, 0) is 37.7 Å². The lowest BCUT2D eigenvalue weighted by atomic mass is 9.89. The molecule has 24 heavy (non-hydrogen) atoms. The number of carbonyl (C=O) groups excluding carboxylic acids is 2. The highest BCUT2D eigenvalue weighted by Gasteiger charge is 2.24. The molecule has 4 N–H and O–H groups in total. The maximum atomic E-state index is 12.5. The van der Waals surface area contributed by atoms with E-state index in [1.165, 1.54) is 4.88 Å². The van der Waals surface area contributed by atoms with Crippen molar-refractivity contribution in [2.24, 2.45) is 11.7 Å². The predicted molar refractivity (Wildman–Crippen MR) is 94.5 cm³/mol. The van der Waals surface area contributed by atoms with Crippen molar-refractivity contribution in [2.75, 3.05) is 0 Å². The largest absolute Gasteiger partial charge is 0.351 e. The van der Waals surface area contributed by atoms with Crippen LogP contribution in [0.5, 0.6) is 0 Å². The molecule has 0 spiro atoms. The van der Waals surface area contributed by atoms with Crippen molar-refractivity contribution in [3.05, 3.63) is 20.8 Å². The molecule has 1 aliphatic carbocycles. The normalized spacial score (nSPS) is 18.2. The van der Waals surface area contributed by atoms with Gasteiger partial charge in [0.05, 0.1) is 10.6 Å². The van der Waals surface area contributed by atoms with E-state index >= 15 is 0 Å². The third kappa shape index (κ3) is 3.32. The number of amides is 3. The van der Waals surface area contributed by atoms with Crippen LogP contribution in [0.25, 0.3) is 10.2 Å². The molecule has 7 nitrogen and oxygen atoms in total. The summed E-state index contributed by atoms with van der Waals surface area (Å²) in [6.07, 6.45) is 2.97. The minimum absolute atomic E-state index is 0.169. The number of nitrogens with zero attached hydrogens (tertiary/aromatic N) is 1. The number of imide groups is 1. The van der Waals surface area contributed by atoms with E-state index in [2.05, 4.69) is 16.9 Å². The summed E-state index contributed by atoms with van der Waals surface area (Å²) in [4.78, 5) is 44.2. The number of fused-ring (bicyclic) bond motifs is 3. The molecule has 2 aromatic heterocycles. The molecule has 2 atom stereocenters. The number of primary amides is 1. The lowest BCUT2D eigenvalue weighted by Gasteiger charge is -2.17. The van der Waals surface area contributed by atoms with Crippen molar-refractivity contribution in [2.45, 2.75) is 43.5 Å². The number of rotatable bonds is 3.